The zero-order chi connectivity index (χ0) is 24.2. The average molecular weight is 488 g/mol. The van der Waals surface area contributed by atoms with Crippen LogP contribution < -0.4 is 0 Å². The minimum atomic E-state index is -0.711. The maximum atomic E-state index is 14.1. The molecular formula is C27H31Cl2NO3. The van der Waals surface area contributed by atoms with Gasteiger partial charge in [0, 0.05) is 16.0 Å². The first-order valence-electron chi connectivity index (χ1n) is 11.4. The number of esters is 1. The molecule has 1 aliphatic rings. The van der Waals surface area contributed by atoms with E-state index in [1.807, 2.05) is 62.4 Å². The highest BCUT2D eigenvalue weighted by atomic mass is 35.5. The quantitative estimate of drug-likeness (QED) is 0.298. The maximum Gasteiger partial charge on any atom is 0.328 e. The number of carbonyl (C=O) groups is 2. The zero-order valence-electron chi connectivity index (χ0n) is 19.4. The number of nitrogens with zero attached hydrogens (tertiary/aromatic N) is 1. The van der Waals surface area contributed by atoms with E-state index >= 15 is 0 Å². The molecule has 0 bridgehead atoms. The number of hydrogen-bond acceptors (Lipinski definition) is 3. The fourth-order valence-electron chi connectivity index (χ4n) is 4.95. The monoisotopic (exact) mass is 487 g/mol. The molecule has 33 heavy (non-hydrogen) atoms. The van der Waals surface area contributed by atoms with E-state index in [2.05, 4.69) is 6.58 Å². The molecule has 6 heteroatoms. The summed E-state index contributed by atoms with van der Waals surface area (Å²) in [4.78, 5) is 28.8. The Balaban J connectivity index is 2.24. The van der Waals surface area contributed by atoms with Gasteiger partial charge in [0.2, 0.25) is 5.91 Å². The summed E-state index contributed by atoms with van der Waals surface area (Å²) in [5, 5.41) is 1.24. The maximum absolute atomic E-state index is 14.1. The predicted octanol–water partition coefficient (Wildman–Crippen LogP) is 6.97. The Kier molecular flexibility index (Phi) is 8.25. The Morgan fingerprint density at radius 1 is 1.18 bits per heavy atom. The van der Waals surface area contributed by atoms with Gasteiger partial charge in [0.25, 0.3) is 0 Å². The third-order valence-electron chi connectivity index (χ3n) is 6.47. The second-order valence-electron chi connectivity index (χ2n) is 8.80. The molecule has 2 aromatic carbocycles. The molecule has 1 saturated heterocycles. The molecule has 1 amide bonds. The highest BCUT2D eigenvalue weighted by Gasteiger charge is 2.52. The fraction of sp³-hybridized carbons (Fsp3) is 0.407. The Hall–Kier alpha value is -2.30. The van der Waals surface area contributed by atoms with Crippen LogP contribution in [0.4, 0.5) is 0 Å². The van der Waals surface area contributed by atoms with Crippen molar-refractivity contribution in [2.45, 2.75) is 58.0 Å². The van der Waals surface area contributed by atoms with Gasteiger partial charge in [-0.05, 0) is 61.6 Å². The van der Waals surface area contributed by atoms with Crippen LogP contribution in [-0.2, 0) is 14.3 Å². The van der Waals surface area contributed by atoms with Gasteiger partial charge in [-0.25, -0.2) is 4.79 Å². The molecule has 1 heterocycles. The zero-order valence-corrected chi connectivity index (χ0v) is 20.9. The second kappa shape index (κ2) is 10.8. The predicted molar refractivity (Wildman–Crippen MR) is 133 cm³/mol. The lowest BCUT2D eigenvalue weighted by Crippen LogP contribution is -2.57. The number of allylic oxidation sites excluding steroid dienone is 1. The Bertz CT molecular complexity index is 1010. The summed E-state index contributed by atoms with van der Waals surface area (Å²) in [6.45, 7) is 9.78. The van der Waals surface area contributed by atoms with Gasteiger partial charge in [-0.15, -0.1) is 6.58 Å². The minimum Gasteiger partial charge on any atom is -0.464 e. The Labute approximate surface area is 206 Å². The minimum absolute atomic E-state index is 0.0690. The molecule has 0 saturated carbocycles. The van der Waals surface area contributed by atoms with Crippen molar-refractivity contribution in [2.24, 2.45) is 5.41 Å². The van der Waals surface area contributed by atoms with E-state index in [0.717, 1.165) is 11.1 Å². The summed E-state index contributed by atoms with van der Waals surface area (Å²) in [6, 6.07) is 14.2. The number of halogens is 2. The van der Waals surface area contributed by atoms with Gasteiger partial charge in [-0.3, -0.25) is 4.79 Å². The molecule has 176 valence electrons. The SMILES string of the molecule is C=CC[C@]1(C)C[C@H](c2cccc(Cl)c2)C(c2ccc(Cl)cc2)N(C(CC)C(=O)OCC)C1=O. The van der Waals surface area contributed by atoms with E-state index in [0.29, 0.717) is 29.3 Å². The number of carbonyl (C=O) groups excluding carboxylic acids is 2. The van der Waals surface area contributed by atoms with Crippen LogP contribution in [0.25, 0.3) is 0 Å². The smallest absolute Gasteiger partial charge is 0.328 e. The summed E-state index contributed by atoms with van der Waals surface area (Å²) in [5.74, 6) is -0.545. The van der Waals surface area contributed by atoms with Crippen LogP contribution in [0.3, 0.4) is 0 Å². The van der Waals surface area contributed by atoms with Crippen molar-refractivity contribution >= 4 is 35.1 Å². The number of amides is 1. The molecule has 4 nitrogen and oxygen atoms in total. The van der Waals surface area contributed by atoms with Gasteiger partial charge in [-0.1, -0.05) is 67.4 Å². The van der Waals surface area contributed by atoms with Crippen molar-refractivity contribution in [3.8, 4) is 0 Å². The first-order valence-corrected chi connectivity index (χ1v) is 12.1. The van der Waals surface area contributed by atoms with E-state index in [1.54, 1.807) is 17.9 Å². The Morgan fingerprint density at radius 3 is 2.45 bits per heavy atom. The number of hydrogen-bond donors (Lipinski definition) is 0. The lowest BCUT2D eigenvalue weighted by molar-refractivity contribution is -0.166. The third-order valence-corrected chi connectivity index (χ3v) is 6.95. The number of likely N-dealkylation sites (tertiary alicyclic amines) is 1. The van der Waals surface area contributed by atoms with Gasteiger partial charge >= 0.3 is 5.97 Å². The molecule has 0 spiro atoms. The molecule has 0 N–H and O–H groups in total. The van der Waals surface area contributed by atoms with Crippen LogP contribution in [0, 0.1) is 5.41 Å². The topological polar surface area (TPSA) is 46.6 Å². The van der Waals surface area contributed by atoms with Crippen LogP contribution in [-0.4, -0.2) is 29.4 Å². The van der Waals surface area contributed by atoms with Crippen molar-refractivity contribution in [3.05, 3.63) is 82.4 Å². The van der Waals surface area contributed by atoms with Gasteiger partial charge < -0.3 is 9.64 Å². The normalized spacial score (nSPS) is 23.8. The number of ether oxygens (including phenoxy) is 1. The van der Waals surface area contributed by atoms with Crippen LogP contribution in [0.2, 0.25) is 10.0 Å². The van der Waals surface area contributed by atoms with Crippen molar-refractivity contribution in [1.29, 1.82) is 0 Å². The number of benzene rings is 2. The van der Waals surface area contributed by atoms with E-state index in [4.69, 9.17) is 27.9 Å². The van der Waals surface area contributed by atoms with Gasteiger partial charge in [0.1, 0.15) is 6.04 Å². The molecule has 1 fully saturated rings. The fourth-order valence-corrected chi connectivity index (χ4v) is 5.27. The number of rotatable bonds is 8. The van der Waals surface area contributed by atoms with Gasteiger partial charge in [0.15, 0.2) is 0 Å². The molecule has 0 aromatic heterocycles. The highest BCUT2D eigenvalue weighted by molar-refractivity contribution is 6.30. The largest absolute Gasteiger partial charge is 0.464 e. The molecule has 2 aromatic rings. The van der Waals surface area contributed by atoms with Crippen molar-refractivity contribution in [1.82, 2.24) is 4.90 Å². The van der Waals surface area contributed by atoms with E-state index < -0.39 is 11.5 Å². The first-order chi connectivity index (χ1) is 15.8. The van der Waals surface area contributed by atoms with Crippen molar-refractivity contribution in [3.63, 3.8) is 0 Å². The summed E-state index contributed by atoms with van der Waals surface area (Å²) in [5.41, 5.74) is 1.23. The van der Waals surface area contributed by atoms with Crippen LogP contribution in [0.1, 0.15) is 63.1 Å². The lowest BCUT2D eigenvalue weighted by atomic mass is 9.67. The summed E-state index contributed by atoms with van der Waals surface area (Å²) >= 11 is 12.5. The van der Waals surface area contributed by atoms with Crippen molar-refractivity contribution < 1.29 is 14.3 Å². The summed E-state index contributed by atoms with van der Waals surface area (Å²) in [7, 11) is 0. The van der Waals surface area contributed by atoms with Crippen LogP contribution in [0.5, 0.6) is 0 Å². The number of piperidine rings is 1. The summed E-state index contributed by atoms with van der Waals surface area (Å²) in [6.07, 6.45) is 3.33. The second-order valence-corrected chi connectivity index (χ2v) is 9.68. The van der Waals surface area contributed by atoms with Gasteiger partial charge in [-0.2, -0.15) is 0 Å². The molecular weight excluding hydrogens is 457 g/mol. The van der Waals surface area contributed by atoms with Crippen LogP contribution >= 0.6 is 23.2 Å². The molecule has 2 unspecified atom stereocenters. The average Bonchev–Trinajstić information content (AvgIpc) is 2.78. The first kappa shape index (κ1) is 25.3. The molecule has 0 radical (unpaired) electrons. The van der Waals surface area contributed by atoms with E-state index in [1.165, 1.54) is 0 Å². The Morgan fingerprint density at radius 2 is 1.88 bits per heavy atom. The molecule has 3 rings (SSSR count). The molecule has 1 aliphatic heterocycles. The van der Waals surface area contributed by atoms with Crippen molar-refractivity contribution in [2.75, 3.05) is 6.61 Å². The standard InChI is InChI=1S/C27H31Cl2NO3/c1-5-15-27(4)17-22(19-9-8-10-21(29)16-19)24(18-11-13-20(28)14-12-18)30(26(27)32)23(6-2)25(31)33-7-3/h5,8-14,16,22-24H,1,6-7,15,17H2,2-4H3/t22-,23?,24?,27-/m1/s1. The highest BCUT2D eigenvalue weighted by Crippen LogP contribution is 2.52. The molecule has 0 aliphatic carbocycles. The van der Waals surface area contributed by atoms with E-state index in [9.17, 15) is 9.59 Å². The van der Waals surface area contributed by atoms with Crippen LogP contribution in [0.15, 0.2) is 61.2 Å². The lowest BCUT2D eigenvalue weighted by Gasteiger charge is -2.51. The van der Waals surface area contributed by atoms with Gasteiger partial charge in [0.05, 0.1) is 18.1 Å². The van der Waals surface area contributed by atoms with E-state index in [-0.39, 0.29) is 30.4 Å². The summed E-state index contributed by atoms with van der Waals surface area (Å²) < 4.78 is 5.39. The molecule has 4 atom stereocenters. The third kappa shape index (κ3) is 5.28.